The molecule has 27 heavy (non-hydrogen) atoms. The summed E-state index contributed by atoms with van der Waals surface area (Å²) in [6.07, 6.45) is 0.901. The van der Waals surface area contributed by atoms with Crippen molar-refractivity contribution in [3.05, 3.63) is 53.6 Å². The molecule has 146 valence electrons. The molecule has 4 heteroatoms. The lowest BCUT2D eigenvalue weighted by atomic mass is 9.98. The van der Waals surface area contributed by atoms with Gasteiger partial charge in [-0.25, -0.2) is 0 Å². The molecule has 0 bridgehead atoms. The van der Waals surface area contributed by atoms with Crippen molar-refractivity contribution < 1.29 is 9.53 Å². The third-order valence-corrected chi connectivity index (χ3v) is 4.80. The van der Waals surface area contributed by atoms with Crippen LogP contribution in [0.15, 0.2) is 42.5 Å². The Kier molecular flexibility index (Phi) is 7.43. The number of hydrogen-bond acceptors (Lipinski definition) is 3. The second-order valence-electron chi connectivity index (χ2n) is 7.52. The first-order valence-electron chi connectivity index (χ1n) is 9.59. The number of likely N-dealkylation sites (N-methyl/N-ethyl adjacent to an activating group) is 1. The van der Waals surface area contributed by atoms with Gasteiger partial charge in [0, 0.05) is 23.7 Å². The first-order chi connectivity index (χ1) is 12.9. The molecule has 0 aliphatic carbocycles. The van der Waals surface area contributed by atoms with Gasteiger partial charge in [-0.3, -0.25) is 4.79 Å². The van der Waals surface area contributed by atoms with Crippen molar-refractivity contribution in [3.63, 3.8) is 0 Å². The maximum atomic E-state index is 12.8. The van der Waals surface area contributed by atoms with Gasteiger partial charge in [-0.05, 0) is 49.7 Å². The summed E-state index contributed by atoms with van der Waals surface area (Å²) in [6.45, 7) is 7.19. The number of amides is 1. The minimum absolute atomic E-state index is 0.0389. The van der Waals surface area contributed by atoms with E-state index >= 15 is 0 Å². The van der Waals surface area contributed by atoms with Crippen LogP contribution < -0.4 is 10.1 Å². The van der Waals surface area contributed by atoms with Crippen LogP contribution in [-0.4, -0.2) is 44.6 Å². The average molecular weight is 369 g/mol. The summed E-state index contributed by atoms with van der Waals surface area (Å²) >= 11 is 0. The minimum Gasteiger partial charge on any atom is -0.496 e. The van der Waals surface area contributed by atoms with Crippen LogP contribution in [0.3, 0.4) is 0 Å². The van der Waals surface area contributed by atoms with E-state index in [-0.39, 0.29) is 11.9 Å². The summed E-state index contributed by atoms with van der Waals surface area (Å²) in [5, 5.41) is 3.18. The molecular formula is C23H32N2O2. The molecule has 0 fully saturated rings. The van der Waals surface area contributed by atoms with E-state index in [2.05, 4.69) is 37.1 Å². The normalized spacial score (nSPS) is 12.3. The summed E-state index contributed by atoms with van der Waals surface area (Å²) in [6, 6.07) is 14.0. The Morgan fingerprint density at radius 3 is 2.44 bits per heavy atom. The predicted molar refractivity (Wildman–Crippen MR) is 112 cm³/mol. The van der Waals surface area contributed by atoms with Crippen LogP contribution in [0.5, 0.6) is 5.75 Å². The summed E-state index contributed by atoms with van der Waals surface area (Å²) in [4.78, 5) is 14.9. The van der Waals surface area contributed by atoms with Crippen molar-refractivity contribution in [2.24, 2.45) is 5.92 Å². The Balaban J connectivity index is 2.31. The van der Waals surface area contributed by atoms with Gasteiger partial charge in [-0.2, -0.15) is 0 Å². The number of benzene rings is 2. The minimum atomic E-state index is -0.0389. The van der Waals surface area contributed by atoms with Crippen LogP contribution in [0.2, 0.25) is 0 Å². The van der Waals surface area contributed by atoms with Crippen LogP contribution in [0.1, 0.15) is 36.7 Å². The lowest BCUT2D eigenvalue weighted by molar-refractivity contribution is 0.0916. The molecule has 0 unspecified atom stereocenters. The smallest absolute Gasteiger partial charge is 0.251 e. The van der Waals surface area contributed by atoms with E-state index in [9.17, 15) is 4.79 Å². The third kappa shape index (κ3) is 5.33. The van der Waals surface area contributed by atoms with E-state index in [1.807, 2.05) is 50.5 Å². The van der Waals surface area contributed by atoms with E-state index in [4.69, 9.17) is 4.74 Å². The lowest BCUT2D eigenvalue weighted by Gasteiger charge is -2.25. The van der Waals surface area contributed by atoms with E-state index < -0.39 is 0 Å². The number of nitrogens with zero attached hydrogens (tertiary/aromatic N) is 1. The molecule has 0 aromatic heterocycles. The zero-order chi connectivity index (χ0) is 20.0. The second kappa shape index (κ2) is 9.56. The highest BCUT2D eigenvalue weighted by atomic mass is 16.5. The van der Waals surface area contributed by atoms with Crippen molar-refractivity contribution in [3.8, 4) is 16.9 Å². The van der Waals surface area contributed by atoms with Gasteiger partial charge >= 0.3 is 0 Å². The van der Waals surface area contributed by atoms with Gasteiger partial charge in [0.25, 0.3) is 5.91 Å². The van der Waals surface area contributed by atoms with Crippen molar-refractivity contribution in [2.45, 2.75) is 33.2 Å². The summed E-state index contributed by atoms with van der Waals surface area (Å²) < 4.78 is 5.66. The van der Waals surface area contributed by atoms with Crippen molar-refractivity contribution >= 4 is 5.91 Å². The quantitative estimate of drug-likeness (QED) is 0.758. The zero-order valence-electron chi connectivity index (χ0n) is 17.4. The largest absolute Gasteiger partial charge is 0.496 e. The fraction of sp³-hybridized carbons (Fsp3) is 0.435. The Hall–Kier alpha value is -2.33. The predicted octanol–water partition coefficient (Wildman–Crippen LogP) is 4.24. The first-order valence-corrected chi connectivity index (χ1v) is 9.59. The molecule has 0 aliphatic rings. The molecule has 1 atom stereocenters. The topological polar surface area (TPSA) is 41.6 Å². The molecule has 0 saturated carbocycles. The molecule has 1 N–H and O–H groups in total. The molecular weight excluding hydrogens is 336 g/mol. The van der Waals surface area contributed by atoms with Crippen molar-refractivity contribution in [1.82, 2.24) is 10.2 Å². The Morgan fingerprint density at radius 2 is 1.85 bits per heavy atom. The number of hydrogen-bond donors (Lipinski definition) is 1. The number of ether oxygens (including phenoxy) is 1. The Labute approximate surface area is 163 Å². The van der Waals surface area contributed by atoms with Crippen molar-refractivity contribution in [1.29, 1.82) is 0 Å². The third-order valence-electron chi connectivity index (χ3n) is 4.80. The highest BCUT2D eigenvalue weighted by Crippen LogP contribution is 2.33. The monoisotopic (exact) mass is 368 g/mol. The number of carbonyl (C=O) groups excluding carboxylic acids is 1. The summed E-state index contributed by atoms with van der Waals surface area (Å²) in [5.74, 6) is 1.20. The van der Waals surface area contributed by atoms with Gasteiger partial charge in [-0.1, -0.05) is 51.1 Å². The first kappa shape index (κ1) is 21.0. The van der Waals surface area contributed by atoms with Gasteiger partial charge in [-0.15, -0.1) is 0 Å². The number of aryl methyl sites for hydroxylation is 1. The molecule has 2 aromatic rings. The number of methoxy groups -OCH3 is 1. The Morgan fingerprint density at radius 1 is 1.15 bits per heavy atom. The zero-order valence-corrected chi connectivity index (χ0v) is 17.4. The fourth-order valence-corrected chi connectivity index (χ4v) is 3.23. The van der Waals surface area contributed by atoms with E-state index in [1.54, 1.807) is 7.11 Å². The molecule has 0 saturated heterocycles. The standard InChI is InChI=1S/C23H32N2O2/c1-7-17-10-9-13-20(22(17)27-6)18-11-8-12-19(14-18)23(26)24-21(16(2)3)15-25(4)5/h8-14,16,21H,7,15H2,1-6H3,(H,24,26)/t21-/m1/s1. The van der Waals surface area contributed by atoms with Crippen LogP contribution >= 0.6 is 0 Å². The van der Waals surface area contributed by atoms with E-state index in [1.165, 1.54) is 0 Å². The number of para-hydroxylation sites is 1. The van der Waals surface area contributed by atoms with Crippen molar-refractivity contribution in [2.75, 3.05) is 27.7 Å². The summed E-state index contributed by atoms with van der Waals surface area (Å²) in [5.41, 5.74) is 3.83. The van der Waals surface area contributed by atoms with Crippen LogP contribution in [0.25, 0.3) is 11.1 Å². The van der Waals surface area contributed by atoms with E-state index in [0.29, 0.717) is 11.5 Å². The van der Waals surface area contributed by atoms with Gasteiger partial charge in [0.1, 0.15) is 5.75 Å². The van der Waals surface area contributed by atoms with Gasteiger partial charge < -0.3 is 15.0 Å². The van der Waals surface area contributed by atoms with Crippen LogP contribution in [-0.2, 0) is 6.42 Å². The highest BCUT2D eigenvalue weighted by molar-refractivity contribution is 5.96. The highest BCUT2D eigenvalue weighted by Gasteiger charge is 2.19. The average Bonchev–Trinajstić information content (AvgIpc) is 2.66. The molecule has 0 heterocycles. The second-order valence-corrected chi connectivity index (χ2v) is 7.52. The molecule has 0 radical (unpaired) electrons. The molecule has 4 nitrogen and oxygen atoms in total. The van der Waals surface area contributed by atoms with E-state index in [0.717, 1.165) is 35.4 Å². The number of rotatable bonds is 8. The van der Waals surface area contributed by atoms with Crippen LogP contribution in [0, 0.1) is 5.92 Å². The lowest BCUT2D eigenvalue weighted by Crippen LogP contribution is -2.45. The van der Waals surface area contributed by atoms with Gasteiger partial charge in [0.2, 0.25) is 0 Å². The molecule has 0 aliphatic heterocycles. The number of carbonyl (C=O) groups is 1. The molecule has 1 amide bonds. The maximum absolute atomic E-state index is 12.8. The molecule has 2 aromatic carbocycles. The molecule has 2 rings (SSSR count). The molecule has 0 spiro atoms. The van der Waals surface area contributed by atoms with Gasteiger partial charge in [0.05, 0.1) is 7.11 Å². The number of nitrogens with one attached hydrogen (secondary N) is 1. The Bertz CT molecular complexity index is 769. The van der Waals surface area contributed by atoms with Gasteiger partial charge in [0.15, 0.2) is 0 Å². The summed E-state index contributed by atoms with van der Waals surface area (Å²) in [7, 11) is 5.74. The maximum Gasteiger partial charge on any atom is 0.251 e. The van der Waals surface area contributed by atoms with Crippen LogP contribution in [0.4, 0.5) is 0 Å². The SMILES string of the molecule is CCc1cccc(-c2cccc(C(=O)N[C@H](CN(C)C)C(C)C)c2)c1OC. The fourth-order valence-electron chi connectivity index (χ4n) is 3.23.